The van der Waals surface area contributed by atoms with Crippen LogP contribution in [-0.2, 0) is 10.2 Å². The Labute approximate surface area is 185 Å². The van der Waals surface area contributed by atoms with Crippen molar-refractivity contribution in [2.45, 2.75) is 122 Å². The largest absolute Gasteiger partial charge is 0.493 e. The fraction of sp³-hybridized carbons (Fsp3) is 0.741. The average molecular weight is 416 g/mol. The number of carbonyl (C=O) groups excluding carboxylic acids is 1. The van der Waals surface area contributed by atoms with E-state index in [9.17, 15) is 4.79 Å². The van der Waals surface area contributed by atoms with Gasteiger partial charge in [-0.1, -0.05) is 104 Å². The van der Waals surface area contributed by atoms with Crippen LogP contribution in [0.25, 0.3) is 0 Å². The van der Waals surface area contributed by atoms with Crippen LogP contribution in [0, 0.1) is 0 Å². The molecule has 0 aromatic heterocycles. The first kappa shape index (κ1) is 24.8. The first-order valence-electron chi connectivity index (χ1n) is 12.6. The summed E-state index contributed by atoms with van der Waals surface area (Å²) in [6.07, 6.45) is 18.9. The molecule has 1 amide bonds. The maximum atomic E-state index is 12.3. The maximum absolute atomic E-state index is 12.3. The zero-order valence-corrected chi connectivity index (χ0v) is 19.9. The SMILES string of the molecule is CCCCCCCCCCCCCCCC(=O)Nc1ccc2c(c1)OCCC2(C)C. The highest BCUT2D eigenvalue weighted by atomic mass is 16.5. The van der Waals surface area contributed by atoms with Crippen molar-refractivity contribution in [3.63, 3.8) is 0 Å². The van der Waals surface area contributed by atoms with E-state index in [0.29, 0.717) is 6.42 Å². The summed E-state index contributed by atoms with van der Waals surface area (Å²) in [6.45, 7) is 7.52. The number of hydrogen-bond acceptors (Lipinski definition) is 2. The van der Waals surface area contributed by atoms with Crippen molar-refractivity contribution in [3.8, 4) is 5.75 Å². The Hall–Kier alpha value is -1.51. The number of anilines is 1. The summed E-state index contributed by atoms with van der Waals surface area (Å²) >= 11 is 0. The smallest absolute Gasteiger partial charge is 0.224 e. The van der Waals surface area contributed by atoms with Gasteiger partial charge in [-0.2, -0.15) is 0 Å². The lowest BCUT2D eigenvalue weighted by Crippen LogP contribution is -2.26. The summed E-state index contributed by atoms with van der Waals surface area (Å²) in [4.78, 5) is 12.3. The van der Waals surface area contributed by atoms with Gasteiger partial charge in [-0.3, -0.25) is 4.79 Å². The van der Waals surface area contributed by atoms with Gasteiger partial charge in [0, 0.05) is 23.7 Å². The van der Waals surface area contributed by atoms with E-state index in [4.69, 9.17) is 4.74 Å². The summed E-state index contributed by atoms with van der Waals surface area (Å²) in [7, 11) is 0. The van der Waals surface area contributed by atoms with Gasteiger partial charge in [-0.15, -0.1) is 0 Å². The molecule has 0 saturated heterocycles. The average Bonchev–Trinajstić information content (AvgIpc) is 2.71. The number of hydrogen-bond donors (Lipinski definition) is 1. The number of amides is 1. The van der Waals surface area contributed by atoms with Gasteiger partial charge in [0.2, 0.25) is 5.91 Å². The molecule has 0 unspecified atom stereocenters. The zero-order chi connectivity index (χ0) is 21.7. The number of carbonyl (C=O) groups is 1. The molecule has 3 nitrogen and oxygen atoms in total. The van der Waals surface area contributed by atoms with Crippen LogP contribution < -0.4 is 10.1 Å². The van der Waals surface area contributed by atoms with E-state index >= 15 is 0 Å². The van der Waals surface area contributed by atoms with Crippen LogP contribution in [0.4, 0.5) is 5.69 Å². The highest BCUT2D eigenvalue weighted by molar-refractivity contribution is 5.91. The molecule has 0 fully saturated rings. The van der Waals surface area contributed by atoms with Crippen LogP contribution in [0.1, 0.15) is 123 Å². The van der Waals surface area contributed by atoms with Gasteiger partial charge < -0.3 is 10.1 Å². The Bertz CT molecular complexity index is 623. The molecular formula is C27H45NO2. The van der Waals surface area contributed by atoms with E-state index in [-0.39, 0.29) is 11.3 Å². The van der Waals surface area contributed by atoms with E-state index in [2.05, 4.69) is 32.2 Å². The lowest BCUT2D eigenvalue weighted by Gasteiger charge is -2.32. The van der Waals surface area contributed by atoms with Crippen LogP contribution in [0.2, 0.25) is 0 Å². The zero-order valence-electron chi connectivity index (χ0n) is 19.9. The van der Waals surface area contributed by atoms with Crippen molar-refractivity contribution in [1.29, 1.82) is 0 Å². The van der Waals surface area contributed by atoms with Crippen LogP contribution >= 0.6 is 0 Å². The minimum Gasteiger partial charge on any atom is -0.493 e. The molecule has 0 aliphatic carbocycles. The molecule has 1 heterocycles. The molecule has 1 aromatic rings. The molecule has 1 aliphatic heterocycles. The first-order chi connectivity index (χ1) is 14.5. The topological polar surface area (TPSA) is 38.3 Å². The van der Waals surface area contributed by atoms with E-state index in [0.717, 1.165) is 37.3 Å². The van der Waals surface area contributed by atoms with Crippen molar-refractivity contribution in [1.82, 2.24) is 0 Å². The van der Waals surface area contributed by atoms with Crippen molar-refractivity contribution in [2.75, 3.05) is 11.9 Å². The number of fused-ring (bicyclic) bond motifs is 1. The molecular weight excluding hydrogens is 370 g/mol. The van der Waals surface area contributed by atoms with Gasteiger partial charge in [0.1, 0.15) is 5.75 Å². The quantitative estimate of drug-likeness (QED) is 0.293. The minimum atomic E-state index is 0.119. The molecule has 1 aromatic carbocycles. The molecule has 0 radical (unpaired) electrons. The normalized spacial score (nSPS) is 14.8. The number of rotatable bonds is 15. The maximum Gasteiger partial charge on any atom is 0.224 e. The second kappa shape index (κ2) is 13.7. The lowest BCUT2D eigenvalue weighted by molar-refractivity contribution is -0.116. The molecule has 1 aliphatic rings. The molecule has 2 rings (SSSR count). The molecule has 170 valence electrons. The second-order valence-electron chi connectivity index (χ2n) is 9.73. The third-order valence-electron chi connectivity index (χ3n) is 6.49. The first-order valence-corrected chi connectivity index (χ1v) is 12.6. The molecule has 0 saturated carbocycles. The summed E-state index contributed by atoms with van der Waals surface area (Å²) in [6, 6.07) is 6.10. The fourth-order valence-electron chi connectivity index (χ4n) is 4.36. The Kier molecular flexibility index (Phi) is 11.3. The summed E-state index contributed by atoms with van der Waals surface area (Å²) in [5.41, 5.74) is 2.24. The van der Waals surface area contributed by atoms with Gasteiger partial charge in [0.05, 0.1) is 6.61 Å². The van der Waals surface area contributed by atoms with Crippen molar-refractivity contribution < 1.29 is 9.53 Å². The van der Waals surface area contributed by atoms with Crippen LogP contribution in [0.15, 0.2) is 18.2 Å². The van der Waals surface area contributed by atoms with Crippen LogP contribution in [0.3, 0.4) is 0 Å². The highest BCUT2D eigenvalue weighted by Gasteiger charge is 2.28. The standard InChI is InChI=1S/C27H45NO2/c1-4-5-6-7-8-9-10-11-12-13-14-15-16-17-26(29)28-23-18-19-24-25(22-23)30-21-20-27(24,2)3/h18-19,22H,4-17,20-21H2,1-3H3,(H,28,29). The van der Waals surface area contributed by atoms with Gasteiger partial charge in [-0.05, 0) is 24.3 Å². The molecule has 0 bridgehead atoms. The van der Waals surface area contributed by atoms with Crippen LogP contribution in [0.5, 0.6) is 5.75 Å². The fourth-order valence-corrected chi connectivity index (χ4v) is 4.36. The van der Waals surface area contributed by atoms with Gasteiger partial charge in [-0.25, -0.2) is 0 Å². The number of benzene rings is 1. The molecule has 3 heteroatoms. The summed E-state index contributed by atoms with van der Waals surface area (Å²) < 4.78 is 5.81. The molecule has 0 spiro atoms. The van der Waals surface area contributed by atoms with Gasteiger partial charge in [0.15, 0.2) is 0 Å². The van der Waals surface area contributed by atoms with Gasteiger partial charge >= 0.3 is 0 Å². The molecule has 0 atom stereocenters. The predicted molar refractivity (Wildman–Crippen MR) is 129 cm³/mol. The minimum absolute atomic E-state index is 0.119. The lowest BCUT2D eigenvalue weighted by atomic mass is 9.80. The molecule has 30 heavy (non-hydrogen) atoms. The van der Waals surface area contributed by atoms with Gasteiger partial charge in [0.25, 0.3) is 0 Å². The molecule has 1 N–H and O–H groups in total. The van der Waals surface area contributed by atoms with Crippen molar-refractivity contribution in [2.24, 2.45) is 0 Å². The Balaban J connectivity index is 1.49. The summed E-state index contributed by atoms with van der Waals surface area (Å²) in [5, 5.41) is 3.04. The van der Waals surface area contributed by atoms with E-state index in [1.807, 2.05) is 12.1 Å². The Morgan fingerprint density at radius 2 is 1.47 bits per heavy atom. The Morgan fingerprint density at radius 1 is 0.900 bits per heavy atom. The number of unbranched alkanes of at least 4 members (excludes halogenated alkanes) is 12. The monoisotopic (exact) mass is 415 g/mol. The number of nitrogens with one attached hydrogen (secondary N) is 1. The highest BCUT2D eigenvalue weighted by Crippen LogP contribution is 2.39. The Morgan fingerprint density at radius 3 is 2.07 bits per heavy atom. The van der Waals surface area contributed by atoms with Crippen molar-refractivity contribution in [3.05, 3.63) is 23.8 Å². The van der Waals surface area contributed by atoms with Crippen LogP contribution in [-0.4, -0.2) is 12.5 Å². The third-order valence-corrected chi connectivity index (χ3v) is 6.49. The second-order valence-corrected chi connectivity index (χ2v) is 9.73. The predicted octanol–water partition coefficient (Wildman–Crippen LogP) is 8.17. The van der Waals surface area contributed by atoms with Crippen molar-refractivity contribution >= 4 is 11.6 Å². The number of ether oxygens (including phenoxy) is 1. The van der Waals surface area contributed by atoms with E-state index in [1.165, 1.54) is 76.2 Å². The van der Waals surface area contributed by atoms with E-state index in [1.54, 1.807) is 0 Å². The van der Waals surface area contributed by atoms with E-state index < -0.39 is 0 Å². The third kappa shape index (κ3) is 9.10. The summed E-state index contributed by atoms with van der Waals surface area (Å²) in [5.74, 6) is 1.04.